The minimum Gasteiger partial charge on any atom is -0.429 e. The molecule has 0 aromatic heterocycles. The Morgan fingerprint density at radius 2 is 1.90 bits per heavy atom. The summed E-state index contributed by atoms with van der Waals surface area (Å²) in [5.74, 6) is 0. The van der Waals surface area contributed by atoms with E-state index in [1.54, 1.807) is 0 Å². The number of amidine groups is 1. The molecule has 5 nitrogen and oxygen atoms in total. The van der Waals surface area contributed by atoms with E-state index in [1.807, 2.05) is 30.3 Å². The fourth-order valence-corrected chi connectivity index (χ4v) is 3.89. The molecule has 1 saturated heterocycles. The predicted octanol–water partition coefficient (Wildman–Crippen LogP) is 3.83. The number of benzene rings is 1. The summed E-state index contributed by atoms with van der Waals surface area (Å²) in [5.41, 5.74) is 0.105. The number of hydrogen-bond donors (Lipinski definition) is 0. The van der Waals surface area contributed by atoms with E-state index in [0.717, 1.165) is 18.5 Å². The van der Waals surface area contributed by atoms with Gasteiger partial charge in [-0.25, -0.2) is 0 Å². The second-order valence-electron chi connectivity index (χ2n) is 7.21. The van der Waals surface area contributed by atoms with Crippen LogP contribution in [0.5, 0.6) is 0 Å². The highest BCUT2D eigenvalue weighted by atomic mass is 16.7. The standard InChI is InChI=1S/C16H19N3O2/c1-14(2)9-15(3)12(20-15)16(10-14)19-18-13(21-16)17-11-7-5-4-6-8-11/h4-8,12H,9-10H2,1-3H3/t12-,15-,16+/m1/s1. The molecule has 1 aromatic rings. The van der Waals surface area contributed by atoms with Crippen molar-refractivity contribution in [2.24, 2.45) is 20.6 Å². The number of fused-ring (bicyclic) bond motifs is 2. The number of hydrogen-bond acceptors (Lipinski definition) is 4. The van der Waals surface area contributed by atoms with Crippen LogP contribution in [0.3, 0.4) is 0 Å². The molecule has 1 saturated carbocycles. The van der Waals surface area contributed by atoms with E-state index >= 15 is 0 Å². The maximum Gasteiger partial charge on any atom is 0.338 e. The largest absolute Gasteiger partial charge is 0.429 e. The van der Waals surface area contributed by atoms with Crippen LogP contribution in [0.2, 0.25) is 0 Å². The predicted molar refractivity (Wildman–Crippen MR) is 78.5 cm³/mol. The second-order valence-corrected chi connectivity index (χ2v) is 7.21. The van der Waals surface area contributed by atoms with Gasteiger partial charge in [-0.15, -0.1) is 5.11 Å². The molecule has 3 aliphatic rings. The Balaban J connectivity index is 1.62. The van der Waals surface area contributed by atoms with Crippen molar-refractivity contribution in [3.05, 3.63) is 30.3 Å². The number of azo groups is 1. The van der Waals surface area contributed by atoms with Crippen LogP contribution in [-0.4, -0.2) is 23.5 Å². The van der Waals surface area contributed by atoms with E-state index in [4.69, 9.17) is 9.47 Å². The van der Waals surface area contributed by atoms with Gasteiger partial charge in [-0.1, -0.05) is 37.2 Å². The molecule has 0 bridgehead atoms. The molecule has 0 unspecified atom stereocenters. The number of para-hydroxylation sites is 1. The molecule has 5 heteroatoms. The van der Waals surface area contributed by atoms with E-state index in [0.29, 0.717) is 6.02 Å². The Morgan fingerprint density at radius 1 is 1.14 bits per heavy atom. The van der Waals surface area contributed by atoms with E-state index in [-0.39, 0.29) is 17.1 Å². The summed E-state index contributed by atoms with van der Waals surface area (Å²) < 4.78 is 11.9. The summed E-state index contributed by atoms with van der Waals surface area (Å²) in [6.45, 7) is 6.58. The number of aliphatic imine (C=N–C) groups is 1. The molecule has 4 rings (SSSR count). The van der Waals surface area contributed by atoms with Crippen LogP contribution in [0.4, 0.5) is 5.69 Å². The van der Waals surface area contributed by atoms with Crippen LogP contribution in [-0.2, 0) is 9.47 Å². The Labute approximate surface area is 124 Å². The molecular weight excluding hydrogens is 266 g/mol. The first-order valence-electron chi connectivity index (χ1n) is 7.34. The van der Waals surface area contributed by atoms with Gasteiger partial charge in [-0.05, 0) is 30.9 Å². The SMILES string of the molecule is CC1(C)C[C@@]2(C)O[C@H]2[C@@]2(C1)N=NC(=Nc1ccccc1)O2. The zero-order chi connectivity index (χ0) is 14.7. The zero-order valence-electron chi connectivity index (χ0n) is 12.5. The minimum atomic E-state index is -0.690. The van der Waals surface area contributed by atoms with E-state index < -0.39 is 5.72 Å². The number of ether oxygens (including phenoxy) is 2. The third-order valence-corrected chi connectivity index (χ3v) is 4.41. The third-order valence-electron chi connectivity index (χ3n) is 4.41. The van der Waals surface area contributed by atoms with Crippen LogP contribution in [0.1, 0.15) is 33.6 Å². The van der Waals surface area contributed by atoms with Crippen molar-refractivity contribution in [1.82, 2.24) is 0 Å². The highest BCUT2D eigenvalue weighted by Gasteiger charge is 2.72. The smallest absolute Gasteiger partial charge is 0.338 e. The highest BCUT2D eigenvalue weighted by molar-refractivity contribution is 5.79. The van der Waals surface area contributed by atoms with Crippen LogP contribution in [0.15, 0.2) is 45.6 Å². The topological polar surface area (TPSA) is 58.8 Å². The summed E-state index contributed by atoms with van der Waals surface area (Å²) >= 11 is 0. The van der Waals surface area contributed by atoms with Gasteiger partial charge in [0.1, 0.15) is 6.10 Å². The van der Waals surface area contributed by atoms with E-state index in [2.05, 4.69) is 36.0 Å². The molecule has 21 heavy (non-hydrogen) atoms. The Kier molecular flexibility index (Phi) is 2.41. The zero-order valence-corrected chi connectivity index (χ0v) is 12.5. The quantitative estimate of drug-likeness (QED) is 0.736. The maximum atomic E-state index is 6.04. The van der Waals surface area contributed by atoms with Gasteiger partial charge in [-0.3, -0.25) is 0 Å². The molecule has 3 atom stereocenters. The lowest BCUT2D eigenvalue weighted by Gasteiger charge is -2.38. The van der Waals surface area contributed by atoms with Crippen LogP contribution in [0.25, 0.3) is 0 Å². The molecule has 110 valence electrons. The fourth-order valence-electron chi connectivity index (χ4n) is 3.89. The lowest BCUT2D eigenvalue weighted by atomic mass is 9.69. The van der Waals surface area contributed by atoms with E-state index in [1.165, 1.54) is 0 Å². The summed E-state index contributed by atoms with van der Waals surface area (Å²) in [6.07, 6.45) is 1.82. The lowest BCUT2D eigenvalue weighted by molar-refractivity contribution is -0.00716. The molecular formula is C16H19N3O2. The monoisotopic (exact) mass is 285 g/mol. The summed E-state index contributed by atoms with van der Waals surface area (Å²) in [4.78, 5) is 4.41. The number of nitrogens with zero attached hydrogens (tertiary/aromatic N) is 3. The molecule has 0 N–H and O–H groups in total. The molecule has 0 amide bonds. The number of epoxide rings is 1. The van der Waals surface area contributed by atoms with Crippen LogP contribution < -0.4 is 0 Å². The minimum absolute atomic E-state index is 0.00903. The van der Waals surface area contributed by atoms with Crippen LogP contribution >= 0.6 is 0 Å². The number of rotatable bonds is 1. The highest BCUT2D eigenvalue weighted by Crippen LogP contribution is 2.60. The Morgan fingerprint density at radius 3 is 2.67 bits per heavy atom. The molecule has 2 fully saturated rings. The average molecular weight is 285 g/mol. The van der Waals surface area contributed by atoms with Crippen molar-refractivity contribution in [1.29, 1.82) is 0 Å². The molecule has 2 heterocycles. The molecule has 1 aromatic carbocycles. The van der Waals surface area contributed by atoms with Gasteiger partial charge in [0.15, 0.2) is 0 Å². The summed E-state index contributed by atoms with van der Waals surface area (Å²) in [5, 5.41) is 8.57. The van der Waals surface area contributed by atoms with Gasteiger partial charge in [0.2, 0.25) is 0 Å². The molecule has 0 radical (unpaired) electrons. The van der Waals surface area contributed by atoms with Gasteiger partial charge < -0.3 is 9.47 Å². The maximum absolute atomic E-state index is 6.04. The van der Waals surface area contributed by atoms with Crippen molar-refractivity contribution >= 4 is 11.7 Å². The third kappa shape index (κ3) is 2.07. The van der Waals surface area contributed by atoms with Gasteiger partial charge in [0.05, 0.1) is 11.3 Å². The first-order valence-corrected chi connectivity index (χ1v) is 7.34. The van der Waals surface area contributed by atoms with Crippen molar-refractivity contribution in [2.75, 3.05) is 0 Å². The first kappa shape index (κ1) is 13.0. The van der Waals surface area contributed by atoms with Crippen LogP contribution in [0, 0.1) is 5.41 Å². The van der Waals surface area contributed by atoms with E-state index in [9.17, 15) is 0 Å². The lowest BCUT2D eigenvalue weighted by Crippen LogP contribution is -2.47. The van der Waals surface area contributed by atoms with Gasteiger partial charge in [0, 0.05) is 6.42 Å². The van der Waals surface area contributed by atoms with Crippen molar-refractivity contribution < 1.29 is 9.47 Å². The Hall–Kier alpha value is -1.75. The van der Waals surface area contributed by atoms with Crippen molar-refractivity contribution in [3.8, 4) is 0 Å². The summed E-state index contributed by atoms with van der Waals surface area (Å²) in [6, 6.07) is 9.99. The van der Waals surface area contributed by atoms with Crippen molar-refractivity contribution in [3.63, 3.8) is 0 Å². The average Bonchev–Trinajstić information content (AvgIpc) is 2.93. The second kappa shape index (κ2) is 3.91. The molecule has 2 aliphatic heterocycles. The normalized spacial score (nSPS) is 41.1. The van der Waals surface area contributed by atoms with Gasteiger partial charge in [-0.2, -0.15) is 4.99 Å². The van der Waals surface area contributed by atoms with Gasteiger partial charge >= 0.3 is 6.02 Å². The summed E-state index contributed by atoms with van der Waals surface area (Å²) in [7, 11) is 0. The first-order chi connectivity index (χ1) is 9.91. The fraction of sp³-hybridized carbons (Fsp3) is 0.562. The molecule has 1 spiro atoms. The molecule has 1 aliphatic carbocycles. The van der Waals surface area contributed by atoms with Gasteiger partial charge in [0.25, 0.3) is 5.72 Å². The van der Waals surface area contributed by atoms with Crippen molar-refractivity contribution in [2.45, 2.75) is 51.0 Å². The Bertz CT molecular complexity index is 637.